The summed E-state index contributed by atoms with van der Waals surface area (Å²) >= 11 is 17.8. The molecule has 1 atom stereocenters. The fourth-order valence-corrected chi connectivity index (χ4v) is 1.97. The van der Waals surface area contributed by atoms with E-state index in [1.54, 1.807) is 36.5 Å². The van der Waals surface area contributed by atoms with Crippen LogP contribution in [0.1, 0.15) is 10.4 Å². The van der Waals surface area contributed by atoms with Crippen LogP contribution in [0.2, 0.25) is 0 Å². The zero-order valence-corrected chi connectivity index (χ0v) is 13.1. The molecule has 1 heterocycles. The summed E-state index contributed by atoms with van der Waals surface area (Å²) in [5.74, 6) is 0.276. The van der Waals surface area contributed by atoms with Crippen molar-refractivity contribution in [2.75, 3.05) is 5.32 Å². The summed E-state index contributed by atoms with van der Waals surface area (Å²) in [4.78, 5) is 15.1. The van der Waals surface area contributed by atoms with E-state index in [-0.39, 0.29) is 5.91 Å². The summed E-state index contributed by atoms with van der Waals surface area (Å²) in [6, 6.07) is 14.1. The number of carbonyl (C=O) groups is 1. The highest BCUT2D eigenvalue weighted by atomic mass is 35.6. The van der Waals surface area contributed by atoms with E-state index in [0.29, 0.717) is 11.4 Å². The zero-order valence-electron chi connectivity index (χ0n) is 10.8. The molecular weight excluding hydrogens is 333 g/mol. The average molecular weight is 346 g/mol. The largest absolute Gasteiger partial charge is 0.310 e. The van der Waals surface area contributed by atoms with Crippen LogP contribution in [0.25, 0.3) is 0 Å². The summed E-state index contributed by atoms with van der Waals surface area (Å²) in [5.41, 5.74) is 0.482. The van der Waals surface area contributed by atoms with Crippen LogP contribution in [0.15, 0.2) is 54.7 Å². The van der Waals surface area contributed by atoms with Crippen molar-refractivity contribution < 1.29 is 9.78 Å². The lowest BCUT2D eigenvalue weighted by Gasteiger charge is -2.22. The maximum Gasteiger partial charge on any atom is 0.273 e. The average Bonchev–Trinajstić information content (AvgIpc) is 2.47. The van der Waals surface area contributed by atoms with Gasteiger partial charge in [-0.05, 0) is 18.2 Å². The number of benzene rings is 1. The lowest BCUT2D eigenvalue weighted by molar-refractivity contribution is -0.361. The number of hydrogen-bond donors (Lipinski definition) is 2. The Balaban J connectivity index is 2.12. The Kier molecular flexibility index (Phi) is 5.28. The fraction of sp³-hybridized carbons (Fsp3) is 0.143. The van der Waals surface area contributed by atoms with Crippen molar-refractivity contribution in [2.45, 2.75) is 9.96 Å². The Morgan fingerprint density at radius 2 is 1.71 bits per heavy atom. The monoisotopic (exact) mass is 344 g/mol. The van der Waals surface area contributed by atoms with Crippen LogP contribution in [-0.4, -0.2) is 15.9 Å². The minimum absolute atomic E-state index is 0.338. The number of aromatic amines is 1. The van der Waals surface area contributed by atoms with E-state index >= 15 is 0 Å². The third-order valence-electron chi connectivity index (χ3n) is 2.65. The predicted molar refractivity (Wildman–Crippen MR) is 84.6 cm³/mol. The van der Waals surface area contributed by atoms with Crippen LogP contribution < -0.4 is 15.6 Å². The molecule has 0 radical (unpaired) electrons. The molecule has 2 rings (SSSR count). The molecule has 1 aromatic carbocycles. The van der Waals surface area contributed by atoms with Crippen LogP contribution in [0, 0.1) is 0 Å². The maximum absolute atomic E-state index is 12.2. The molecule has 4 nitrogen and oxygen atoms in total. The van der Waals surface area contributed by atoms with E-state index in [1.807, 2.05) is 18.2 Å². The minimum atomic E-state index is -1.71. The van der Waals surface area contributed by atoms with E-state index in [0.717, 1.165) is 0 Å². The number of amides is 1. The normalized spacial score (nSPS) is 12.5. The Labute approximate surface area is 137 Å². The SMILES string of the molecule is O=C(N[C@@H](Nc1cccc[nH+]1)C(Cl)(Cl)Cl)c1ccccc1. The molecule has 0 saturated heterocycles. The first-order valence-electron chi connectivity index (χ1n) is 6.13. The van der Waals surface area contributed by atoms with Gasteiger partial charge in [0.05, 0.1) is 6.20 Å². The van der Waals surface area contributed by atoms with Gasteiger partial charge in [0.25, 0.3) is 11.7 Å². The highest BCUT2D eigenvalue weighted by Gasteiger charge is 2.38. The second-order valence-corrected chi connectivity index (χ2v) is 6.60. The molecule has 1 amide bonds. The second-order valence-electron chi connectivity index (χ2n) is 4.23. The van der Waals surface area contributed by atoms with Crippen LogP contribution >= 0.6 is 34.8 Å². The molecule has 7 heteroatoms. The summed E-state index contributed by atoms with van der Waals surface area (Å²) in [6.45, 7) is 0. The van der Waals surface area contributed by atoms with Crippen molar-refractivity contribution in [1.82, 2.24) is 5.32 Å². The molecule has 0 unspecified atom stereocenters. The molecule has 0 fully saturated rings. The van der Waals surface area contributed by atoms with Crippen LogP contribution in [0.5, 0.6) is 0 Å². The first kappa shape index (κ1) is 15.9. The summed E-state index contributed by atoms with van der Waals surface area (Å²) in [5, 5.41) is 5.59. The Morgan fingerprint density at radius 1 is 1.05 bits per heavy atom. The van der Waals surface area contributed by atoms with Gasteiger partial charge in [0.15, 0.2) is 0 Å². The van der Waals surface area contributed by atoms with Crippen molar-refractivity contribution in [3.63, 3.8) is 0 Å². The molecule has 0 aliphatic carbocycles. The number of carbonyl (C=O) groups excluding carboxylic acids is 1. The van der Waals surface area contributed by atoms with Gasteiger partial charge in [-0.25, -0.2) is 10.3 Å². The number of nitrogens with one attached hydrogen (secondary N) is 3. The summed E-state index contributed by atoms with van der Waals surface area (Å²) in [7, 11) is 0. The van der Waals surface area contributed by atoms with Gasteiger partial charge < -0.3 is 5.32 Å². The van der Waals surface area contributed by atoms with Crippen molar-refractivity contribution in [2.24, 2.45) is 0 Å². The second kappa shape index (κ2) is 6.98. The van der Waals surface area contributed by atoms with E-state index in [4.69, 9.17) is 34.8 Å². The van der Waals surface area contributed by atoms with Crippen molar-refractivity contribution in [1.29, 1.82) is 0 Å². The molecule has 0 bridgehead atoms. The number of aromatic nitrogens is 1. The van der Waals surface area contributed by atoms with Gasteiger partial charge in [-0.3, -0.25) is 4.79 Å². The van der Waals surface area contributed by atoms with Gasteiger partial charge in [-0.1, -0.05) is 59.1 Å². The van der Waals surface area contributed by atoms with Crippen LogP contribution in [0.3, 0.4) is 0 Å². The Hall–Kier alpha value is -1.49. The van der Waals surface area contributed by atoms with Crippen molar-refractivity contribution in [3.8, 4) is 0 Å². The Morgan fingerprint density at radius 3 is 2.29 bits per heavy atom. The molecule has 1 aromatic heterocycles. The molecular formula is C14H13Cl3N3O+. The summed E-state index contributed by atoms with van der Waals surface area (Å²) in [6.07, 6.45) is 0.824. The smallest absolute Gasteiger partial charge is 0.273 e. The van der Waals surface area contributed by atoms with Crippen molar-refractivity contribution >= 4 is 46.5 Å². The number of alkyl halides is 3. The van der Waals surface area contributed by atoms with E-state index in [1.165, 1.54) is 0 Å². The summed E-state index contributed by atoms with van der Waals surface area (Å²) < 4.78 is -1.71. The number of hydrogen-bond acceptors (Lipinski definition) is 2. The Bertz CT molecular complexity index is 587. The first-order valence-corrected chi connectivity index (χ1v) is 7.26. The molecule has 0 aliphatic rings. The van der Waals surface area contributed by atoms with E-state index in [2.05, 4.69) is 15.6 Å². The predicted octanol–water partition coefficient (Wildman–Crippen LogP) is 3.04. The standard InChI is InChI=1S/C14H12Cl3N3O/c15-14(16,17)13(19-11-8-4-5-9-18-11)20-12(21)10-6-2-1-3-7-10/h1-9,13H,(H,18,19)(H,20,21)/p+1/t13-/m1/s1. The van der Waals surface area contributed by atoms with E-state index in [9.17, 15) is 4.79 Å². The molecule has 21 heavy (non-hydrogen) atoms. The van der Waals surface area contributed by atoms with Crippen molar-refractivity contribution in [3.05, 3.63) is 60.3 Å². The maximum atomic E-state index is 12.2. The number of halogens is 3. The highest BCUT2D eigenvalue weighted by Crippen LogP contribution is 2.30. The molecule has 2 aromatic rings. The number of anilines is 1. The molecule has 0 saturated carbocycles. The van der Waals surface area contributed by atoms with Gasteiger partial charge in [0.1, 0.15) is 0 Å². The minimum Gasteiger partial charge on any atom is -0.310 e. The number of pyridine rings is 1. The molecule has 3 N–H and O–H groups in total. The topological polar surface area (TPSA) is 55.3 Å². The third-order valence-corrected chi connectivity index (χ3v) is 3.30. The highest BCUT2D eigenvalue weighted by molar-refractivity contribution is 6.68. The third kappa shape index (κ3) is 4.77. The number of rotatable bonds is 4. The van der Waals surface area contributed by atoms with E-state index < -0.39 is 9.96 Å². The molecule has 110 valence electrons. The van der Waals surface area contributed by atoms with Crippen LogP contribution in [-0.2, 0) is 0 Å². The lowest BCUT2D eigenvalue weighted by atomic mass is 10.2. The molecule has 0 aliphatic heterocycles. The molecule has 0 spiro atoms. The van der Waals surface area contributed by atoms with Gasteiger partial charge in [-0.15, -0.1) is 0 Å². The van der Waals surface area contributed by atoms with Gasteiger partial charge in [0, 0.05) is 11.6 Å². The van der Waals surface area contributed by atoms with Crippen LogP contribution in [0.4, 0.5) is 5.82 Å². The first-order chi connectivity index (χ1) is 9.97. The van der Waals surface area contributed by atoms with Gasteiger partial charge in [-0.2, -0.15) is 0 Å². The zero-order chi connectivity index (χ0) is 15.3. The van der Waals surface area contributed by atoms with Gasteiger partial charge >= 0.3 is 0 Å². The van der Waals surface area contributed by atoms with Gasteiger partial charge in [0.2, 0.25) is 9.96 Å². The lowest BCUT2D eigenvalue weighted by Crippen LogP contribution is -2.49. The number of H-pyrrole nitrogens is 1. The quantitative estimate of drug-likeness (QED) is 0.661. The fourth-order valence-electron chi connectivity index (χ4n) is 1.64.